The molecule has 0 unspecified atom stereocenters. The molecular weight excluding hydrogens is 267 g/mol. The number of halogens is 2. The van der Waals surface area contributed by atoms with E-state index in [1.165, 1.54) is 12.3 Å². The minimum atomic E-state index is -0.536. The number of ketones is 1. The summed E-state index contributed by atoms with van der Waals surface area (Å²) in [6.45, 7) is 0. The lowest BCUT2D eigenvalue weighted by Gasteiger charge is -2.14. The number of nitrogens with zero attached hydrogens (tertiary/aromatic N) is 2. The molecule has 1 heterocycles. The van der Waals surface area contributed by atoms with Gasteiger partial charge in [0.15, 0.2) is 17.4 Å². The summed E-state index contributed by atoms with van der Waals surface area (Å²) in [7, 11) is 0. The molecule has 0 spiro atoms. The van der Waals surface area contributed by atoms with Crippen molar-refractivity contribution in [3.8, 4) is 11.4 Å². The van der Waals surface area contributed by atoms with Gasteiger partial charge in [-0.3, -0.25) is 4.79 Å². The van der Waals surface area contributed by atoms with Crippen LogP contribution in [0.4, 0.5) is 4.39 Å². The van der Waals surface area contributed by atoms with Crippen LogP contribution in [0.15, 0.2) is 24.4 Å². The molecule has 19 heavy (non-hydrogen) atoms. The van der Waals surface area contributed by atoms with Crippen molar-refractivity contribution in [1.82, 2.24) is 9.97 Å². The summed E-state index contributed by atoms with van der Waals surface area (Å²) in [6.07, 6.45) is 3.51. The molecular formula is C14H10ClFN2O. The zero-order chi connectivity index (χ0) is 13.4. The first-order valence-electron chi connectivity index (χ1n) is 6.00. The first kappa shape index (κ1) is 12.2. The summed E-state index contributed by atoms with van der Waals surface area (Å²) in [6, 6.07) is 4.70. The van der Waals surface area contributed by atoms with Crippen LogP contribution in [0.3, 0.4) is 0 Å². The van der Waals surface area contributed by atoms with Gasteiger partial charge in [0.25, 0.3) is 0 Å². The Morgan fingerprint density at radius 2 is 2.05 bits per heavy atom. The van der Waals surface area contributed by atoms with Crippen molar-refractivity contribution in [3.05, 3.63) is 46.5 Å². The molecule has 5 heteroatoms. The summed E-state index contributed by atoms with van der Waals surface area (Å²) < 4.78 is 13.9. The summed E-state index contributed by atoms with van der Waals surface area (Å²) in [5, 5.41) is 0.0369. The van der Waals surface area contributed by atoms with Crippen molar-refractivity contribution in [2.45, 2.75) is 19.3 Å². The largest absolute Gasteiger partial charge is 0.294 e. The predicted molar refractivity (Wildman–Crippen MR) is 69.7 cm³/mol. The van der Waals surface area contributed by atoms with E-state index < -0.39 is 5.82 Å². The lowest BCUT2D eigenvalue weighted by Crippen LogP contribution is -2.14. The van der Waals surface area contributed by atoms with E-state index in [1.807, 2.05) is 0 Å². The molecule has 0 amide bonds. The molecule has 0 saturated heterocycles. The minimum absolute atomic E-state index is 0.0369. The molecule has 1 aromatic heterocycles. The molecule has 0 radical (unpaired) electrons. The smallest absolute Gasteiger partial charge is 0.166 e. The third kappa shape index (κ3) is 2.12. The lowest BCUT2D eigenvalue weighted by atomic mass is 9.96. The summed E-state index contributed by atoms with van der Waals surface area (Å²) >= 11 is 5.75. The second-order valence-corrected chi connectivity index (χ2v) is 4.84. The average molecular weight is 277 g/mol. The molecule has 3 rings (SSSR count). The topological polar surface area (TPSA) is 42.9 Å². The highest BCUT2D eigenvalue weighted by Crippen LogP contribution is 2.27. The second-order valence-electron chi connectivity index (χ2n) is 4.43. The number of carbonyl (C=O) groups excluding carboxylic acids is 1. The number of rotatable bonds is 1. The monoisotopic (exact) mass is 276 g/mol. The zero-order valence-electron chi connectivity index (χ0n) is 9.99. The highest BCUT2D eigenvalue weighted by atomic mass is 35.5. The molecule has 3 nitrogen and oxygen atoms in total. The van der Waals surface area contributed by atoms with Crippen molar-refractivity contribution in [2.24, 2.45) is 0 Å². The van der Waals surface area contributed by atoms with Gasteiger partial charge < -0.3 is 0 Å². The van der Waals surface area contributed by atoms with E-state index in [2.05, 4.69) is 9.97 Å². The van der Waals surface area contributed by atoms with Crippen molar-refractivity contribution >= 4 is 17.4 Å². The van der Waals surface area contributed by atoms with Gasteiger partial charge in [-0.2, -0.15) is 0 Å². The molecule has 0 atom stereocenters. The van der Waals surface area contributed by atoms with Crippen molar-refractivity contribution in [1.29, 1.82) is 0 Å². The Balaban J connectivity index is 2.12. The zero-order valence-corrected chi connectivity index (χ0v) is 10.7. The molecule has 96 valence electrons. The highest BCUT2D eigenvalue weighted by molar-refractivity contribution is 6.31. The van der Waals surface area contributed by atoms with Crippen LogP contribution >= 0.6 is 11.6 Å². The van der Waals surface area contributed by atoms with Crippen LogP contribution < -0.4 is 0 Å². The molecule has 0 aliphatic heterocycles. The Bertz CT molecular complexity index is 672. The Morgan fingerprint density at radius 3 is 2.89 bits per heavy atom. The number of benzene rings is 1. The molecule has 1 aliphatic carbocycles. The predicted octanol–water partition coefficient (Wildman–Crippen LogP) is 3.46. The lowest BCUT2D eigenvalue weighted by molar-refractivity contribution is 0.0971. The minimum Gasteiger partial charge on any atom is -0.294 e. The third-order valence-corrected chi connectivity index (χ3v) is 3.47. The quantitative estimate of drug-likeness (QED) is 0.801. The van der Waals surface area contributed by atoms with E-state index in [1.54, 1.807) is 12.1 Å². The number of hydrogen-bond donors (Lipinski definition) is 0. The third-order valence-electron chi connectivity index (χ3n) is 3.18. The summed E-state index contributed by atoms with van der Waals surface area (Å²) in [5.41, 5.74) is 1.51. The number of aromatic nitrogens is 2. The van der Waals surface area contributed by atoms with E-state index >= 15 is 0 Å². The molecule has 0 bridgehead atoms. The maximum atomic E-state index is 13.9. The average Bonchev–Trinajstić information content (AvgIpc) is 2.42. The van der Waals surface area contributed by atoms with Gasteiger partial charge >= 0.3 is 0 Å². The van der Waals surface area contributed by atoms with Gasteiger partial charge in [-0.15, -0.1) is 0 Å². The molecule has 1 aliphatic rings. The van der Waals surface area contributed by atoms with Crippen LogP contribution in [-0.4, -0.2) is 15.8 Å². The number of hydrogen-bond acceptors (Lipinski definition) is 3. The van der Waals surface area contributed by atoms with E-state index in [4.69, 9.17) is 11.6 Å². The standard InChI is InChI=1S/C14H10ClFN2O/c15-10-4-1-3-8(13(10)16)14-17-7-9-11(18-14)5-2-6-12(9)19/h1,3-4,7H,2,5-6H2. The van der Waals surface area contributed by atoms with Crippen molar-refractivity contribution in [2.75, 3.05) is 0 Å². The fourth-order valence-corrected chi connectivity index (χ4v) is 2.37. The Kier molecular flexibility index (Phi) is 3.03. The fourth-order valence-electron chi connectivity index (χ4n) is 2.20. The summed E-state index contributed by atoms with van der Waals surface area (Å²) in [5.74, 6) is -0.209. The van der Waals surface area contributed by atoms with Gasteiger partial charge in [0.1, 0.15) is 0 Å². The molecule has 0 fully saturated rings. The SMILES string of the molecule is O=C1CCCc2nc(-c3cccc(Cl)c3F)ncc21. The second kappa shape index (κ2) is 4.70. The summed E-state index contributed by atoms with van der Waals surface area (Å²) in [4.78, 5) is 20.1. The number of aryl methyl sites for hydroxylation is 1. The number of fused-ring (bicyclic) bond motifs is 1. The van der Waals surface area contributed by atoms with Gasteiger partial charge in [-0.05, 0) is 25.0 Å². The molecule has 0 N–H and O–H groups in total. The number of carbonyl (C=O) groups is 1. The van der Waals surface area contributed by atoms with E-state index in [-0.39, 0.29) is 22.2 Å². The fraction of sp³-hybridized carbons (Fsp3) is 0.214. The van der Waals surface area contributed by atoms with Crippen LogP contribution in [0.2, 0.25) is 5.02 Å². The van der Waals surface area contributed by atoms with Gasteiger partial charge in [0.05, 0.1) is 21.8 Å². The van der Waals surface area contributed by atoms with E-state index in [0.29, 0.717) is 17.7 Å². The Morgan fingerprint density at radius 1 is 1.21 bits per heavy atom. The van der Waals surface area contributed by atoms with E-state index in [9.17, 15) is 9.18 Å². The molecule has 0 saturated carbocycles. The van der Waals surface area contributed by atoms with Crippen LogP contribution in [0.5, 0.6) is 0 Å². The van der Waals surface area contributed by atoms with Gasteiger partial charge in [-0.1, -0.05) is 17.7 Å². The maximum Gasteiger partial charge on any atom is 0.166 e. The van der Waals surface area contributed by atoms with Gasteiger partial charge in [-0.25, -0.2) is 14.4 Å². The first-order valence-corrected chi connectivity index (χ1v) is 6.38. The van der Waals surface area contributed by atoms with Crippen molar-refractivity contribution in [3.63, 3.8) is 0 Å². The first-order chi connectivity index (χ1) is 9.16. The van der Waals surface area contributed by atoms with Crippen LogP contribution in [0.25, 0.3) is 11.4 Å². The Labute approximate surface area is 114 Å². The Hall–Kier alpha value is -1.81. The number of Topliss-reactive ketones (excluding diaryl/α,β-unsaturated/α-hetero) is 1. The van der Waals surface area contributed by atoms with Gasteiger partial charge in [0.2, 0.25) is 0 Å². The normalized spacial score (nSPS) is 14.3. The highest BCUT2D eigenvalue weighted by Gasteiger charge is 2.20. The van der Waals surface area contributed by atoms with Crippen LogP contribution in [0, 0.1) is 5.82 Å². The van der Waals surface area contributed by atoms with Crippen molar-refractivity contribution < 1.29 is 9.18 Å². The van der Waals surface area contributed by atoms with E-state index in [0.717, 1.165) is 12.8 Å². The maximum absolute atomic E-state index is 13.9. The van der Waals surface area contributed by atoms with Gasteiger partial charge in [0, 0.05) is 12.6 Å². The molecule has 2 aromatic rings. The van der Waals surface area contributed by atoms with Crippen LogP contribution in [-0.2, 0) is 6.42 Å². The van der Waals surface area contributed by atoms with Crippen LogP contribution in [0.1, 0.15) is 28.9 Å². The molecule has 1 aromatic carbocycles.